The topological polar surface area (TPSA) is 92.3 Å². The molecule has 8 nitrogen and oxygen atoms in total. The second kappa shape index (κ2) is 15.2. The van der Waals surface area contributed by atoms with E-state index < -0.39 is 6.09 Å². The average molecular weight is 472 g/mol. The summed E-state index contributed by atoms with van der Waals surface area (Å²) >= 11 is 0. The third-order valence-corrected chi connectivity index (χ3v) is 5.36. The van der Waals surface area contributed by atoms with Crippen LogP contribution in [-0.2, 0) is 28.5 Å². The Hall–Kier alpha value is -2.78. The van der Waals surface area contributed by atoms with Crippen LogP contribution in [0.1, 0.15) is 23.5 Å². The Morgan fingerprint density at radius 1 is 0.735 bits per heavy atom. The standard InChI is InChI=1S/C26H33NO7/c28-11-5-12-30-14-16-32-18-19-33-17-15-31-13-10-27-26(29)34-20-25-23-8-3-1-6-21(23)22-7-2-4-9-24(22)25/h1-4,6-9,11,25H,5,10,12-20H2,(H,27,29). The van der Waals surface area contributed by atoms with Crippen LogP contribution >= 0.6 is 0 Å². The number of nitrogens with one attached hydrogen (secondary N) is 1. The maximum absolute atomic E-state index is 12.1. The molecule has 2 aromatic rings. The van der Waals surface area contributed by atoms with Gasteiger partial charge in [0.25, 0.3) is 0 Å². The first kappa shape index (κ1) is 25.8. The van der Waals surface area contributed by atoms with Gasteiger partial charge in [0.1, 0.15) is 12.9 Å². The van der Waals surface area contributed by atoms with E-state index in [1.807, 2.05) is 24.3 Å². The summed E-state index contributed by atoms with van der Waals surface area (Å²) in [5.41, 5.74) is 4.78. The van der Waals surface area contributed by atoms with Crippen molar-refractivity contribution in [2.75, 3.05) is 66.0 Å². The van der Waals surface area contributed by atoms with E-state index in [0.29, 0.717) is 72.4 Å². The Bertz CT molecular complexity index is 843. The SMILES string of the molecule is O=CCCOCCOCCOCCOCCNC(=O)OCC1c2ccccc2-c2ccccc21. The second-order valence-corrected chi connectivity index (χ2v) is 7.66. The van der Waals surface area contributed by atoms with Crippen LogP contribution < -0.4 is 5.32 Å². The minimum Gasteiger partial charge on any atom is -0.449 e. The summed E-state index contributed by atoms with van der Waals surface area (Å²) in [6.07, 6.45) is 0.785. The fourth-order valence-corrected chi connectivity index (χ4v) is 3.77. The van der Waals surface area contributed by atoms with Crippen molar-refractivity contribution < 1.29 is 33.3 Å². The number of amides is 1. The lowest BCUT2D eigenvalue weighted by molar-refractivity contribution is -0.108. The van der Waals surface area contributed by atoms with Crippen molar-refractivity contribution in [3.63, 3.8) is 0 Å². The minimum absolute atomic E-state index is 0.0468. The van der Waals surface area contributed by atoms with Crippen molar-refractivity contribution in [2.24, 2.45) is 0 Å². The van der Waals surface area contributed by atoms with Crippen LogP contribution in [0.5, 0.6) is 0 Å². The van der Waals surface area contributed by atoms with Crippen LogP contribution in [0.4, 0.5) is 4.79 Å². The van der Waals surface area contributed by atoms with Gasteiger partial charge >= 0.3 is 6.09 Å². The average Bonchev–Trinajstić information content (AvgIpc) is 3.19. The molecule has 1 amide bonds. The molecule has 0 fully saturated rings. The lowest BCUT2D eigenvalue weighted by Crippen LogP contribution is -2.29. The van der Waals surface area contributed by atoms with Crippen LogP contribution in [0.15, 0.2) is 48.5 Å². The first-order valence-electron chi connectivity index (χ1n) is 11.6. The monoisotopic (exact) mass is 471 g/mol. The predicted octanol–water partition coefficient (Wildman–Crippen LogP) is 3.18. The van der Waals surface area contributed by atoms with E-state index in [4.69, 9.17) is 23.7 Å². The molecule has 34 heavy (non-hydrogen) atoms. The predicted molar refractivity (Wildman–Crippen MR) is 127 cm³/mol. The number of ether oxygens (including phenoxy) is 5. The van der Waals surface area contributed by atoms with Gasteiger partial charge in [-0.2, -0.15) is 0 Å². The zero-order valence-corrected chi connectivity index (χ0v) is 19.4. The Morgan fingerprint density at radius 2 is 1.24 bits per heavy atom. The highest BCUT2D eigenvalue weighted by Gasteiger charge is 2.28. The molecule has 0 aliphatic heterocycles. The third-order valence-electron chi connectivity index (χ3n) is 5.36. The maximum atomic E-state index is 12.1. The number of alkyl carbamates (subject to hydrolysis) is 1. The van der Waals surface area contributed by atoms with Gasteiger partial charge in [-0.1, -0.05) is 48.5 Å². The summed E-state index contributed by atoms with van der Waals surface area (Å²) in [4.78, 5) is 22.2. The number of rotatable bonds is 17. The molecule has 184 valence electrons. The van der Waals surface area contributed by atoms with Crippen LogP contribution in [0.2, 0.25) is 0 Å². The molecule has 1 aliphatic rings. The molecular formula is C26H33NO7. The van der Waals surface area contributed by atoms with Gasteiger partial charge in [0.05, 0.1) is 52.9 Å². The van der Waals surface area contributed by atoms with Gasteiger partial charge in [0.15, 0.2) is 0 Å². The van der Waals surface area contributed by atoms with Gasteiger partial charge in [-0.15, -0.1) is 0 Å². The number of hydrogen-bond acceptors (Lipinski definition) is 7. The van der Waals surface area contributed by atoms with Crippen LogP contribution in [0.3, 0.4) is 0 Å². The molecule has 0 atom stereocenters. The molecule has 1 aliphatic carbocycles. The fourth-order valence-electron chi connectivity index (χ4n) is 3.77. The molecule has 0 aromatic heterocycles. The van der Waals surface area contributed by atoms with Crippen LogP contribution in [0, 0.1) is 0 Å². The van der Waals surface area contributed by atoms with E-state index in [1.54, 1.807) is 0 Å². The number of aldehydes is 1. The zero-order valence-electron chi connectivity index (χ0n) is 19.4. The van der Waals surface area contributed by atoms with Crippen molar-refractivity contribution in [2.45, 2.75) is 12.3 Å². The summed E-state index contributed by atoms with van der Waals surface area (Å²) in [6.45, 7) is 4.22. The summed E-state index contributed by atoms with van der Waals surface area (Å²) in [7, 11) is 0. The molecule has 8 heteroatoms. The van der Waals surface area contributed by atoms with E-state index in [1.165, 1.54) is 22.3 Å². The highest BCUT2D eigenvalue weighted by Crippen LogP contribution is 2.44. The summed E-state index contributed by atoms with van der Waals surface area (Å²) in [5, 5.41) is 2.72. The van der Waals surface area contributed by atoms with E-state index in [-0.39, 0.29) is 5.92 Å². The molecule has 0 saturated heterocycles. The zero-order chi connectivity index (χ0) is 23.8. The Kier molecular flexibility index (Phi) is 11.5. The minimum atomic E-state index is -0.450. The Labute approximate surface area is 200 Å². The van der Waals surface area contributed by atoms with Crippen molar-refractivity contribution in [3.05, 3.63) is 59.7 Å². The molecule has 2 aromatic carbocycles. The van der Waals surface area contributed by atoms with Gasteiger partial charge < -0.3 is 33.8 Å². The summed E-state index contributed by atoms with van der Waals surface area (Å²) in [6, 6.07) is 16.5. The molecule has 1 N–H and O–H groups in total. The lowest BCUT2D eigenvalue weighted by Gasteiger charge is -2.14. The molecule has 0 unspecified atom stereocenters. The number of carbonyl (C=O) groups excluding carboxylic acids is 2. The van der Waals surface area contributed by atoms with Gasteiger partial charge in [-0.3, -0.25) is 0 Å². The van der Waals surface area contributed by atoms with Crippen molar-refractivity contribution in [3.8, 4) is 11.1 Å². The summed E-state index contributed by atoms with van der Waals surface area (Å²) in [5.74, 6) is 0.0468. The Morgan fingerprint density at radius 3 is 1.79 bits per heavy atom. The van der Waals surface area contributed by atoms with Crippen molar-refractivity contribution in [1.82, 2.24) is 5.32 Å². The smallest absolute Gasteiger partial charge is 0.407 e. The quantitative estimate of drug-likeness (QED) is 0.280. The van der Waals surface area contributed by atoms with Crippen LogP contribution in [0.25, 0.3) is 11.1 Å². The van der Waals surface area contributed by atoms with Gasteiger partial charge in [-0.25, -0.2) is 4.79 Å². The number of hydrogen-bond donors (Lipinski definition) is 1. The normalized spacial score (nSPS) is 12.2. The molecular weight excluding hydrogens is 438 g/mol. The maximum Gasteiger partial charge on any atom is 0.407 e. The van der Waals surface area contributed by atoms with Gasteiger partial charge in [-0.05, 0) is 22.3 Å². The Balaban J connectivity index is 1.18. The fraction of sp³-hybridized carbons (Fsp3) is 0.462. The molecule has 0 saturated carbocycles. The molecule has 0 heterocycles. The molecule has 0 radical (unpaired) electrons. The van der Waals surface area contributed by atoms with E-state index >= 15 is 0 Å². The largest absolute Gasteiger partial charge is 0.449 e. The first-order chi connectivity index (χ1) is 16.8. The highest BCUT2D eigenvalue weighted by molar-refractivity contribution is 5.79. The van der Waals surface area contributed by atoms with Crippen molar-refractivity contribution in [1.29, 1.82) is 0 Å². The molecule has 3 rings (SSSR count). The van der Waals surface area contributed by atoms with E-state index in [0.717, 1.165) is 6.29 Å². The molecule has 0 bridgehead atoms. The van der Waals surface area contributed by atoms with Gasteiger partial charge in [0, 0.05) is 18.9 Å². The second-order valence-electron chi connectivity index (χ2n) is 7.66. The number of benzene rings is 2. The number of fused-ring (bicyclic) bond motifs is 3. The van der Waals surface area contributed by atoms with Gasteiger partial charge in [0.2, 0.25) is 0 Å². The third kappa shape index (κ3) is 8.22. The first-order valence-corrected chi connectivity index (χ1v) is 11.6. The van der Waals surface area contributed by atoms with E-state index in [9.17, 15) is 9.59 Å². The van der Waals surface area contributed by atoms with Crippen molar-refractivity contribution >= 4 is 12.4 Å². The number of carbonyl (C=O) groups is 2. The molecule has 0 spiro atoms. The van der Waals surface area contributed by atoms with E-state index in [2.05, 4.69) is 29.6 Å². The van der Waals surface area contributed by atoms with Crippen LogP contribution in [-0.4, -0.2) is 78.4 Å². The highest BCUT2D eigenvalue weighted by atomic mass is 16.6. The summed E-state index contributed by atoms with van der Waals surface area (Å²) < 4.78 is 26.9. The lowest BCUT2D eigenvalue weighted by atomic mass is 9.98.